The summed E-state index contributed by atoms with van der Waals surface area (Å²) in [4.78, 5) is 0. The first-order valence-electron chi connectivity index (χ1n) is 5.53. The number of rotatable bonds is 1. The number of hydrogen-bond acceptors (Lipinski definition) is 0. The van der Waals surface area contributed by atoms with Crippen LogP contribution in [0, 0.1) is 6.92 Å². The molecule has 1 aromatic rings. The second kappa shape index (κ2) is 4.48. The zero-order valence-corrected chi connectivity index (χ0v) is 10.3. The van der Waals surface area contributed by atoms with Crippen LogP contribution in [0.1, 0.15) is 49.1 Å². The van der Waals surface area contributed by atoms with E-state index >= 15 is 0 Å². The lowest BCUT2D eigenvalue weighted by Crippen LogP contribution is -2.05. The molecule has 1 heteroatoms. The van der Waals surface area contributed by atoms with Crippen LogP contribution >= 0.6 is 15.9 Å². The fourth-order valence-corrected chi connectivity index (χ4v) is 3.19. The summed E-state index contributed by atoms with van der Waals surface area (Å²) in [6.45, 7) is 2.15. The van der Waals surface area contributed by atoms with Crippen molar-refractivity contribution in [2.24, 2.45) is 0 Å². The van der Waals surface area contributed by atoms with Crippen molar-refractivity contribution in [2.75, 3.05) is 0 Å². The van der Waals surface area contributed by atoms with Crippen LogP contribution in [0.5, 0.6) is 0 Å². The largest absolute Gasteiger partial charge is 0.0590 e. The summed E-state index contributed by atoms with van der Waals surface area (Å²) in [5.74, 6) is 0.804. The van der Waals surface area contributed by atoms with Crippen LogP contribution in [0.3, 0.4) is 0 Å². The first kappa shape index (κ1) is 10.2. The molecule has 0 bridgehead atoms. The van der Waals surface area contributed by atoms with Gasteiger partial charge in [0.2, 0.25) is 0 Å². The first-order chi connectivity index (χ1) is 6.77. The molecule has 2 rings (SSSR count). The minimum atomic E-state index is 0.804. The Morgan fingerprint density at radius 2 is 1.86 bits per heavy atom. The van der Waals surface area contributed by atoms with E-state index in [1.807, 2.05) is 0 Å². The molecule has 1 aliphatic rings. The molecule has 0 amide bonds. The van der Waals surface area contributed by atoms with Crippen LogP contribution in [0.15, 0.2) is 22.7 Å². The average Bonchev–Trinajstić information content (AvgIpc) is 2.19. The maximum atomic E-state index is 3.68. The van der Waals surface area contributed by atoms with Crippen molar-refractivity contribution in [1.82, 2.24) is 0 Å². The van der Waals surface area contributed by atoms with E-state index in [9.17, 15) is 0 Å². The standard InChI is InChI=1S/C13H17Br/c1-10-7-8-12(13(14)9-10)11-5-3-2-4-6-11/h7-9,11H,2-6H2,1H3. The predicted octanol–water partition coefficient (Wildman–Crippen LogP) is 4.81. The minimum Gasteiger partial charge on any atom is -0.0590 e. The highest BCUT2D eigenvalue weighted by Gasteiger charge is 2.17. The lowest BCUT2D eigenvalue weighted by atomic mass is 9.84. The molecule has 0 unspecified atom stereocenters. The topological polar surface area (TPSA) is 0 Å². The van der Waals surface area contributed by atoms with Crippen molar-refractivity contribution in [3.05, 3.63) is 33.8 Å². The maximum absolute atomic E-state index is 3.68. The first-order valence-corrected chi connectivity index (χ1v) is 6.33. The molecule has 0 aromatic heterocycles. The van der Waals surface area contributed by atoms with Crippen molar-refractivity contribution in [3.63, 3.8) is 0 Å². The van der Waals surface area contributed by atoms with Crippen LogP contribution in [0.2, 0.25) is 0 Å². The van der Waals surface area contributed by atoms with Crippen molar-refractivity contribution in [1.29, 1.82) is 0 Å². The summed E-state index contributed by atoms with van der Waals surface area (Å²) in [5.41, 5.74) is 2.87. The Morgan fingerprint density at radius 3 is 2.50 bits per heavy atom. The predicted molar refractivity (Wildman–Crippen MR) is 64.7 cm³/mol. The maximum Gasteiger partial charge on any atom is 0.0212 e. The Morgan fingerprint density at radius 1 is 1.14 bits per heavy atom. The Hall–Kier alpha value is -0.300. The van der Waals surface area contributed by atoms with Crippen LogP contribution < -0.4 is 0 Å². The number of hydrogen-bond donors (Lipinski definition) is 0. The monoisotopic (exact) mass is 252 g/mol. The SMILES string of the molecule is Cc1ccc(C2CCCCC2)c(Br)c1. The summed E-state index contributed by atoms with van der Waals surface area (Å²) in [6.07, 6.45) is 7.00. The van der Waals surface area contributed by atoms with Crippen LogP contribution in [0.25, 0.3) is 0 Å². The van der Waals surface area contributed by atoms with Crippen molar-refractivity contribution >= 4 is 15.9 Å². The second-order valence-electron chi connectivity index (χ2n) is 4.36. The number of aryl methyl sites for hydroxylation is 1. The van der Waals surface area contributed by atoms with E-state index in [4.69, 9.17) is 0 Å². The van der Waals surface area contributed by atoms with Gasteiger partial charge < -0.3 is 0 Å². The number of halogens is 1. The van der Waals surface area contributed by atoms with Gasteiger partial charge in [0.05, 0.1) is 0 Å². The van der Waals surface area contributed by atoms with Gasteiger partial charge in [-0.25, -0.2) is 0 Å². The molecule has 1 aliphatic carbocycles. The molecule has 0 saturated heterocycles. The fraction of sp³-hybridized carbons (Fsp3) is 0.538. The molecule has 0 heterocycles. The lowest BCUT2D eigenvalue weighted by Gasteiger charge is -2.23. The summed E-state index contributed by atoms with van der Waals surface area (Å²) in [6, 6.07) is 6.77. The van der Waals surface area contributed by atoms with E-state index in [-0.39, 0.29) is 0 Å². The lowest BCUT2D eigenvalue weighted by molar-refractivity contribution is 0.442. The molecule has 76 valence electrons. The summed E-state index contributed by atoms with van der Waals surface area (Å²) >= 11 is 3.68. The highest BCUT2D eigenvalue weighted by molar-refractivity contribution is 9.10. The van der Waals surface area contributed by atoms with E-state index in [0.717, 1.165) is 5.92 Å². The van der Waals surface area contributed by atoms with E-state index in [2.05, 4.69) is 41.1 Å². The molecule has 0 nitrogen and oxygen atoms in total. The molecule has 1 saturated carbocycles. The molecule has 1 aromatic carbocycles. The van der Waals surface area contributed by atoms with Gasteiger partial charge >= 0.3 is 0 Å². The zero-order valence-electron chi connectivity index (χ0n) is 8.72. The molecule has 14 heavy (non-hydrogen) atoms. The Balaban J connectivity index is 2.22. The van der Waals surface area contributed by atoms with E-state index in [1.165, 1.54) is 47.7 Å². The molecular formula is C13H17Br. The van der Waals surface area contributed by atoms with Gasteiger partial charge in [-0.2, -0.15) is 0 Å². The van der Waals surface area contributed by atoms with Gasteiger partial charge in [0.25, 0.3) is 0 Å². The van der Waals surface area contributed by atoms with Gasteiger partial charge in [-0.15, -0.1) is 0 Å². The molecular weight excluding hydrogens is 236 g/mol. The van der Waals surface area contributed by atoms with Crippen LogP contribution in [-0.4, -0.2) is 0 Å². The van der Waals surface area contributed by atoms with Gasteiger partial charge in [0.15, 0.2) is 0 Å². The highest BCUT2D eigenvalue weighted by Crippen LogP contribution is 2.36. The third kappa shape index (κ3) is 2.20. The molecule has 0 spiro atoms. The Labute approximate surface area is 94.8 Å². The third-order valence-electron chi connectivity index (χ3n) is 3.20. The fourth-order valence-electron chi connectivity index (χ4n) is 2.38. The van der Waals surface area contributed by atoms with Gasteiger partial charge in [-0.05, 0) is 42.9 Å². The van der Waals surface area contributed by atoms with Crippen molar-refractivity contribution in [2.45, 2.75) is 44.9 Å². The Kier molecular flexibility index (Phi) is 3.27. The third-order valence-corrected chi connectivity index (χ3v) is 3.89. The number of benzene rings is 1. The van der Waals surface area contributed by atoms with Crippen LogP contribution in [-0.2, 0) is 0 Å². The molecule has 0 N–H and O–H groups in total. The van der Waals surface area contributed by atoms with E-state index < -0.39 is 0 Å². The normalized spacial score (nSPS) is 18.4. The van der Waals surface area contributed by atoms with Crippen molar-refractivity contribution in [3.8, 4) is 0 Å². The van der Waals surface area contributed by atoms with Crippen LogP contribution in [0.4, 0.5) is 0 Å². The van der Waals surface area contributed by atoms with Gasteiger partial charge in [-0.1, -0.05) is 47.3 Å². The van der Waals surface area contributed by atoms with Crippen molar-refractivity contribution < 1.29 is 0 Å². The second-order valence-corrected chi connectivity index (χ2v) is 5.21. The minimum absolute atomic E-state index is 0.804. The average molecular weight is 253 g/mol. The highest BCUT2D eigenvalue weighted by atomic mass is 79.9. The molecule has 0 aliphatic heterocycles. The Bertz CT molecular complexity index is 311. The van der Waals surface area contributed by atoms with E-state index in [1.54, 1.807) is 0 Å². The quantitative estimate of drug-likeness (QED) is 0.674. The summed E-state index contributed by atoms with van der Waals surface area (Å²) < 4.78 is 1.31. The molecule has 0 radical (unpaired) electrons. The van der Waals surface area contributed by atoms with Gasteiger partial charge in [0, 0.05) is 4.47 Å². The van der Waals surface area contributed by atoms with Gasteiger partial charge in [0.1, 0.15) is 0 Å². The van der Waals surface area contributed by atoms with E-state index in [0.29, 0.717) is 0 Å². The zero-order chi connectivity index (χ0) is 9.97. The summed E-state index contributed by atoms with van der Waals surface area (Å²) in [7, 11) is 0. The van der Waals surface area contributed by atoms with Gasteiger partial charge in [-0.3, -0.25) is 0 Å². The summed E-state index contributed by atoms with van der Waals surface area (Å²) in [5, 5.41) is 0. The smallest absolute Gasteiger partial charge is 0.0212 e. The molecule has 0 atom stereocenters. The molecule has 1 fully saturated rings.